The van der Waals surface area contributed by atoms with E-state index in [0.717, 1.165) is 11.8 Å². The van der Waals surface area contributed by atoms with Crippen LogP contribution in [0.3, 0.4) is 0 Å². The molecule has 3 rings (SSSR count). The number of benzene rings is 2. The summed E-state index contributed by atoms with van der Waals surface area (Å²) in [5, 5.41) is 2.88. The lowest BCUT2D eigenvalue weighted by molar-refractivity contribution is 0.304. The first-order chi connectivity index (χ1) is 13.8. The molecule has 0 heteroatoms. The van der Waals surface area contributed by atoms with Crippen molar-refractivity contribution >= 4 is 10.8 Å². The second kappa shape index (κ2) is 11.6. The fourth-order valence-electron chi connectivity index (χ4n) is 5.11. The Labute approximate surface area is 174 Å². The van der Waals surface area contributed by atoms with E-state index >= 15 is 0 Å². The Bertz CT molecular complexity index is 690. The molecule has 154 valence electrons. The van der Waals surface area contributed by atoms with Gasteiger partial charge in [-0.05, 0) is 72.3 Å². The van der Waals surface area contributed by atoms with Crippen LogP contribution in [0.2, 0.25) is 0 Å². The number of rotatable bonds is 11. The Kier molecular flexibility index (Phi) is 8.90. The molecule has 0 radical (unpaired) electrons. The van der Waals surface area contributed by atoms with Gasteiger partial charge < -0.3 is 0 Å². The molecule has 0 spiro atoms. The first-order valence-corrected chi connectivity index (χ1v) is 12.3. The van der Waals surface area contributed by atoms with Crippen molar-refractivity contribution in [2.24, 2.45) is 5.92 Å². The third-order valence-electron chi connectivity index (χ3n) is 7.03. The van der Waals surface area contributed by atoms with Gasteiger partial charge in [0.15, 0.2) is 0 Å². The Morgan fingerprint density at radius 2 is 1.36 bits per heavy atom. The lowest BCUT2D eigenvalue weighted by Crippen LogP contribution is -2.13. The fourth-order valence-corrected chi connectivity index (χ4v) is 5.11. The van der Waals surface area contributed by atoms with Crippen LogP contribution in [0.5, 0.6) is 0 Å². The Balaban J connectivity index is 1.52. The van der Waals surface area contributed by atoms with Crippen molar-refractivity contribution in [1.29, 1.82) is 0 Å². The van der Waals surface area contributed by atoms with Crippen molar-refractivity contribution in [3.8, 4) is 0 Å². The van der Waals surface area contributed by atoms with Gasteiger partial charge in [0.1, 0.15) is 0 Å². The van der Waals surface area contributed by atoms with E-state index in [4.69, 9.17) is 0 Å². The molecular formula is C28H42. The molecule has 1 aliphatic carbocycles. The van der Waals surface area contributed by atoms with Gasteiger partial charge in [-0.1, -0.05) is 102 Å². The molecule has 28 heavy (non-hydrogen) atoms. The molecule has 1 fully saturated rings. The normalized spacial score (nSPS) is 19.9. The summed E-state index contributed by atoms with van der Waals surface area (Å²) in [6.07, 6.45) is 19.5. The Morgan fingerprint density at radius 3 is 2.14 bits per heavy atom. The standard InChI is InChI=1S/C28H42/c1-3-5-7-8-9-10-12-24-15-18-28-22-27(20-19-26(28)21-24)25-16-13-23(14-17-25)11-6-4-2/h15,18-23,25H,3-14,16-17H2,1-2H3. The Hall–Kier alpha value is -1.30. The molecule has 1 aliphatic rings. The highest BCUT2D eigenvalue weighted by Gasteiger charge is 2.22. The van der Waals surface area contributed by atoms with E-state index in [2.05, 4.69) is 50.2 Å². The predicted molar refractivity (Wildman–Crippen MR) is 125 cm³/mol. The molecule has 0 aliphatic heterocycles. The fraction of sp³-hybridized carbons (Fsp3) is 0.643. The number of fused-ring (bicyclic) bond motifs is 1. The molecule has 2 aromatic carbocycles. The van der Waals surface area contributed by atoms with Crippen molar-refractivity contribution in [2.45, 2.75) is 110 Å². The van der Waals surface area contributed by atoms with E-state index in [1.807, 2.05) is 0 Å². The zero-order chi connectivity index (χ0) is 19.6. The van der Waals surface area contributed by atoms with E-state index in [0.29, 0.717) is 0 Å². The number of hydrogen-bond donors (Lipinski definition) is 0. The highest BCUT2D eigenvalue weighted by molar-refractivity contribution is 5.84. The maximum absolute atomic E-state index is 2.49. The Morgan fingerprint density at radius 1 is 0.679 bits per heavy atom. The molecule has 0 unspecified atom stereocenters. The molecule has 0 aromatic heterocycles. The van der Waals surface area contributed by atoms with Gasteiger partial charge in [0.05, 0.1) is 0 Å². The minimum atomic E-state index is 0.796. The second-order valence-corrected chi connectivity index (χ2v) is 9.32. The molecule has 0 saturated heterocycles. The zero-order valence-electron chi connectivity index (χ0n) is 18.5. The monoisotopic (exact) mass is 378 g/mol. The van der Waals surface area contributed by atoms with Crippen molar-refractivity contribution in [1.82, 2.24) is 0 Å². The smallest absolute Gasteiger partial charge is 0.0162 e. The summed E-state index contributed by atoms with van der Waals surface area (Å²) >= 11 is 0. The van der Waals surface area contributed by atoms with Crippen molar-refractivity contribution in [3.63, 3.8) is 0 Å². The van der Waals surface area contributed by atoms with Crippen LogP contribution in [-0.2, 0) is 6.42 Å². The number of unbranched alkanes of at least 4 members (excludes halogenated alkanes) is 6. The van der Waals surface area contributed by atoms with Crippen LogP contribution in [0.25, 0.3) is 10.8 Å². The largest absolute Gasteiger partial charge is 0.0654 e. The van der Waals surface area contributed by atoms with E-state index in [-0.39, 0.29) is 0 Å². The van der Waals surface area contributed by atoms with Crippen LogP contribution < -0.4 is 0 Å². The van der Waals surface area contributed by atoms with Crippen molar-refractivity contribution in [3.05, 3.63) is 47.5 Å². The van der Waals surface area contributed by atoms with Crippen LogP contribution in [0.15, 0.2) is 36.4 Å². The van der Waals surface area contributed by atoms with Gasteiger partial charge >= 0.3 is 0 Å². The minimum Gasteiger partial charge on any atom is -0.0654 e. The molecule has 0 N–H and O–H groups in total. The summed E-state index contributed by atoms with van der Waals surface area (Å²) in [6, 6.07) is 14.5. The predicted octanol–water partition coefficient (Wildman–Crippen LogP) is 9.21. The van der Waals surface area contributed by atoms with Gasteiger partial charge in [0.2, 0.25) is 0 Å². The number of aryl methyl sites for hydroxylation is 1. The van der Waals surface area contributed by atoms with Gasteiger partial charge in [0, 0.05) is 0 Å². The SMILES string of the molecule is CCCCCCCCc1ccc2cc(C3CCC(CCCC)CC3)ccc2c1. The zero-order valence-corrected chi connectivity index (χ0v) is 18.5. The molecule has 0 atom stereocenters. The topological polar surface area (TPSA) is 0 Å². The van der Waals surface area contributed by atoms with E-state index in [9.17, 15) is 0 Å². The minimum absolute atomic E-state index is 0.796. The highest BCUT2D eigenvalue weighted by atomic mass is 14.3. The quantitative estimate of drug-likeness (QED) is 0.342. The molecule has 0 amide bonds. The lowest BCUT2D eigenvalue weighted by atomic mass is 9.77. The second-order valence-electron chi connectivity index (χ2n) is 9.32. The molecule has 0 bridgehead atoms. The van der Waals surface area contributed by atoms with E-state index in [1.54, 1.807) is 5.56 Å². The van der Waals surface area contributed by atoms with Crippen LogP contribution in [0, 0.1) is 5.92 Å². The summed E-state index contributed by atoms with van der Waals surface area (Å²) in [7, 11) is 0. The molecule has 1 saturated carbocycles. The maximum atomic E-state index is 2.49. The van der Waals surface area contributed by atoms with Gasteiger partial charge in [-0.15, -0.1) is 0 Å². The summed E-state index contributed by atoms with van der Waals surface area (Å²) in [5.74, 6) is 1.80. The summed E-state index contributed by atoms with van der Waals surface area (Å²) < 4.78 is 0. The van der Waals surface area contributed by atoms with E-state index < -0.39 is 0 Å². The van der Waals surface area contributed by atoms with Crippen LogP contribution in [0.4, 0.5) is 0 Å². The van der Waals surface area contributed by atoms with Crippen LogP contribution in [0.1, 0.15) is 114 Å². The average Bonchev–Trinajstić information content (AvgIpc) is 2.74. The van der Waals surface area contributed by atoms with Gasteiger partial charge in [0.25, 0.3) is 0 Å². The van der Waals surface area contributed by atoms with Crippen LogP contribution >= 0.6 is 0 Å². The molecule has 0 heterocycles. The van der Waals surface area contributed by atoms with E-state index in [1.165, 1.54) is 106 Å². The molecule has 0 nitrogen and oxygen atoms in total. The average molecular weight is 379 g/mol. The van der Waals surface area contributed by atoms with Crippen molar-refractivity contribution < 1.29 is 0 Å². The first-order valence-electron chi connectivity index (χ1n) is 12.3. The third-order valence-corrected chi connectivity index (χ3v) is 7.03. The highest BCUT2D eigenvalue weighted by Crippen LogP contribution is 2.38. The maximum Gasteiger partial charge on any atom is -0.0162 e. The first kappa shape index (κ1) is 21.4. The molecular weight excluding hydrogens is 336 g/mol. The lowest BCUT2D eigenvalue weighted by Gasteiger charge is -2.29. The van der Waals surface area contributed by atoms with Gasteiger partial charge in [-0.2, -0.15) is 0 Å². The van der Waals surface area contributed by atoms with Crippen molar-refractivity contribution in [2.75, 3.05) is 0 Å². The van der Waals surface area contributed by atoms with Gasteiger partial charge in [-0.25, -0.2) is 0 Å². The van der Waals surface area contributed by atoms with Crippen LogP contribution in [-0.4, -0.2) is 0 Å². The summed E-state index contributed by atoms with van der Waals surface area (Å²) in [4.78, 5) is 0. The van der Waals surface area contributed by atoms with Gasteiger partial charge in [-0.3, -0.25) is 0 Å². The summed E-state index contributed by atoms with van der Waals surface area (Å²) in [6.45, 7) is 4.61. The third kappa shape index (κ3) is 6.36. The summed E-state index contributed by atoms with van der Waals surface area (Å²) in [5.41, 5.74) is 3.11. The molecule has 2 aromatic rings. The number of hydrogen-bond acceptors (Lipinski definition) is 0.